The molecule has 164 valence electrons. The fourth-order valence-electron chi connectivity index (χ4n) is 3.96. The van der Waals surface area contributed by atoms with Crippen molar-refractivity contribution in [2.45, 2.75) is 82.3 Å². The summed E-state index contributed by atoms with van der Waals surface area (Å²) in [6.45, 7) is 10.2. The summed E-state index contributed by atoms with van der Waals surface area (Å²) in [4.78, 5) is 12.7. The maximum Gasteiger partial charge on any atom is 0.233 e. The third kappa shape index (κ3) is 5.36. The van der Waals surface area contributed by atoms with Crippen molar-refractivity contribution < 1.29 is 9.53 Å². The molecule has 1 aromatic heterocycles. The second kappa shape index (κ2) is 9.41. The molecular weight excluding hydrogens is 396 g/mol. The lowest BCUT2D eigenvalue weighted by molar-refractivity contribution is -0.121. The summed E-state index contributed by atoms with van der Waals surface area (Å²) in [5.41, 5.74) is 0.755. The van der Waals surface area contributed by atoms with Crippen LogP contribution in [0.1, 0.15) is 66.3 Å². The zero-order valence-electron chi connectivity index (χ0n) is 18.9. The van der Waals surface area contributed by atoms with Gasteiger partial charge in [-0.2, -0.15) is 0 Å². The molecule has 1 amide bonds. The van der Waals surface area contributed by atoms with Crippen molar-refractivity contribution in [1.82, 2.24) is 20.1 Å². The van der Waals surface area contributed by atoms with Crippen LogP contribution in [0.2, 0.25) is 0 Å². The smallest absolute Gasteiger partial charge is 0.233 e. The number of rotatable bonds is 6. The first-order valence-corrected chi connectivity index (χ1v) is 11.7. The number of methoxy groups -OCH3 is 1. The molecule has 0 radical (unpaired) electrons. The van der Waals surface area contributed by atoms with E-state index in [1.165, 1.54) is 31.0 Å². The Morgan fingerprint density at radius 3 is 2.47 bits per heavy atom. The van der Waals surface area contributed by atoms with Gasteiger partial charge < -0.3 is 10.1 Å². The van der Waals surface area contributed by atoms with Crippen molar-refractivity contribution in [2.24, 2.45) is 5.92 Å². The van der Waals surface area contributed by atoms with Crippen molar-refractivity contribution in [1.29, 1.82) is 0 Å². The molecule has 0 unspecified atom stereocenters. The van der Waals surface area contributed by atoms with Gasteiger partial charge in [0.05, 0.1) is 12.4 Å². The monoisotopic (exact) mass is 430 g/mol. The molecule has 30 heavy (non-hydrogen) atoms. The minimum absolute atomic E-state index is 0.0183. The molecule has 6 nitrogen and oxygen atoms in total. The van der Waals surface area contributed by atoms with Gasteiger partial charge in [-0.05, 0) is 70.7 Å². The van der Waals surface area contributed by atoms with E-state index in [1.54, 1.807) is 7.11 Å². The average molecular weight is 431 g/mol. The van der Waals surface area contributed by atoms with Gasteiger partial charge in [-0.1, -0.05) is 31.5 Å². The van der Waals surface area contributed by atoms with E-state index in [9.17, 15) is 4.79 Å². The SMILES string of the molecule is COc1ccc(-c2nnc(S[C@@H](C)C(=O)NC(C)(C)C)n2[C@@H]2CCCC[C@@H]2C)cc1. The number of nitrogens with zero attached hydrogens (tertiary/aromatic N) is 3. The van der Waals surface area contributed by atoms with Crippen LogP contribution in [0.3, 0.4) is 0 Å². The Labute approximate surface area is 184 Å². The van der Waals surface area contributed by atoms with E-state index in [0.29, 0.717) is 12.0 Å². The van der Waals surface area contributed by atoms with Crippen molar-refractivity contribution in [2.75, 3.05) is 7.11 Å². The number of thioether (sulfide) groups is 1. The van der Waals surface area contributed by atoms with Gasteiger partial charge in [-0.15, -0.1) is 10.2 Å². The molecule has 1 aliphatic carbocycles. The Bertz CT molecular complexity index is 857. The molecule has 3 atom stereocenters. The molecule has 0 saturated heterocycles. The van der Waals surface area contributed by atoms with Crippen molar-refractivity contribution in [3.63, 3.8) is 0 Å². The Morgan fingerprint density at radius 2 is 1.87 bits per heavy atom. The molecule has 0 bridgehead atoms. The molecule has 1 saturated carbocycles. The fraction of sp³-hybridized carbons (Fsp3) is 0.609. The van der Waals surface area contributed by atoms with E-state index < -0.39 is 0 Å². The summed E-state index contributed by atoms with van der Waals surface area (Å²) < 4.78 is 7.58. The number of aromatic nitrogens is 3. The first-order valence-electron chi connectivity index (χ1n) is 10.8. The summed E-state index contributed by atoms with van der Waals surface area (Å²) in [5, 5.41) is 12.7. The standard InChI is InChI=1S/C23H34N4O2S/c1-15-9-7-8-10-19(15)27-20(17-11-13-18(29-6)14-12-17)25-26-22(27)30-16(2)21(28)24-23(3,4)5/h11-16,19H,7-10H2,1-6H3,(H,24,28)/t15-,16-,19+/m0/s1. The zero-order chi connectivity index (χ0) is 21.9. The Morgan fingerprint density at radius 1 is 1.20 bits per heavy atom. The number of ether oxygens (including phenoxy) is 1. The van der Waals surface area contributed by atoms with Gasteiger partial charge in [0.2, 0.25) is 5.91 Å². The highest BCUT2D eigenvalue weighted by molar-refractivity contribution is 8.00. The molecule has 0 spiro atoms. The predicted molar refractivity (Wildman–Crippen MR) is 122 cm³/mol. The first kappa shape index (κ1) is 22.7. The number of hydrogen-bond donors (Lipinski definition) is 1. The maximum absolute atomic E-state index is 12.7. The van der Waals surface area contributed by atoms with E-state index in [4.69, 9.17) is 4.74 Å². The van der Waals surface area contributed by atoms with Crippen molar-refractivity contribution >= 4 is 17.7 Å². The molecule has 1 fully saturated rings. The third-order valence-corrected chi connectivity index (χ3v) is 6.62. The molecule has 3 rings (SSSR count). The zero-order valence-corrected chi connectivity index (χ0v) is 19.8. The fourth-order valence-corrected chi connectivity index (χ4v) is 4.86. The van der Waals surface area contributed by atoms with Crippen LogP contribution in [-0.2, 0) is 4.79 Å². The Kier molecular flexibility index (Phi) is 7.11. The third-order valence-electron chi connectivity index (χ3n) is 5.56. The van der Waals surface area contributed by atoms with Crippen LogP contribution >= 0.6 is 11.8 Å². The summed E-state index contributed by atoms with van der Waals surface area (Å²) >= 11 is 1.49. The Hall–Kier alpha value is -2.02. The summed E-state index contributed by atoms with van der Waals surface area (Å²) in [5.74, 6) is 2.25. The van der Waals surface area contributed by atoms with Gasteiger partial charge in [0, 0.05) is 17.1 Å². The minimum Gasteiger partial charge on any atom is -0.497 e. The van der Waals surface area contributed by atoms with Crippen LogP contribution in [0, 0.1) is 5.92 Å². The first-order chi connectivity index (χ1) is 14.2. The van der Waals surface area contributed by atoms with Crippen LogP contribution in [0.15, 0.2) is 29.4 Å². The summed E-state index contributed by atoms with van der Waals surface area (Å²) in [6.07, 6.45) is 4.79. The molecule has 1 aromatic carbocycles. The molecule has 7 heteroatoms. The largest absolute Gasteiger partial charge is 0.497 e. The highest BCUT2D eigenvalue weighted by Crippen LogP contribution is 2.39. The van der Waals surface area contributed by atoms with Gasteiger partial charge in [0.25, 0.3) is 0 Å². The number of carbonyl (C=O) groups excluding carboxylic acids is 1. The molecule has 1 aliphatic rings. The minimum atomic E-state index is -0.258. The number of amides is 1. The average Bonchev–Trinajstić information content (AvgIpc) is 3.10. The maximum atomic E-state index is 12.7. The normalized spacial score (nSPS) is 20.6. The van der Waals surface area contributed by atoms with Crippen LogP contribution < -0.4 is 10.1 Å². The lowest BCUT2D eigenvalue weighted by Gasteiger charge is -2.32. The van der Waals surface area contributed by atoms with Crippen LogP contribution in [-0.4, -0.2) is 38.6 Å². The van der Waals surface area contributed by atoms with Gasteiger partial charge in [-0.3, -0.25) is 9.36 Å². The highest BCUT2D eigenvalue weighted by atomic mass is 32.2. The topological polar surface area (TPSA) is 69.0 Å². The number of hydrogen-bond acceptors (Lipinski definition) is 5. The highest BCUT2D eigenvalue weighted by Gasteiger charge is 2.30. The van der Waals surface area contributed by atoms with Gasteiger partial charge >= 0.3 is 0 Å². The lowest BCUT2D eigenvalue weighted by Crippen LogP contribution is -2.44. The number of nitrogens with one attached hydrogen (secondary N) is 1. The number of benzene rings is 1. The molecule has 2 aromatic rings. The molecular formula is C23H34N4O2S. The second-order valence-electron chi connectivity index (χ2n) is 9.23. The summed E-state index contributed by atoms with van der Waals surface area (Å²) in [7, 11) is 1.67. The molecule has 0 aliphatic heterocycles. The predicted octanol–water partition coefficient (Wildman–Crippen LogP) is 5.10. The van der Waals surface area contributed by atoms with E-state index in [0.717, 1.165) is 28.7 Å². The van der Waals surface area contributed by atoms with Crippen LogP contribution in [0.4, 0.5) is 0 Å². The van der Waals surface area contributed by atoms with Crippen LogP contribution in [0.25, 0.3) is 11.4 Å². The van der Waals surface area contributed by atoms with Gasteiger partial charge in [0.1, 0.15) is 5.75 Å². The van der Waals surface area contributed by atoms with E-state index in [2.05, 4.69) is 27.0 Å². The van der Waals surface area contributed by atoms with Gasteiger partial charge in [0.15, 0.2) is 11.0 Å². The van der Waals surface area contributed by atoms with E-state index >= 15 is 0 Å². The molecule has 1 N–H and O–H groups in total. The van der Waals surface area contributed by atoms with Crippen molar-refractivity contribution in [3.8, 4) is 17.1 Å². The quantitative estimate of drug-likeness (QED) is 0.646. The van der Waals surface area contributed by atoms with E-state index in [-0.39, 0.29) is 16.7 Å². The van der Waals surface area contributed by atoms with E-state index in [1.807, 2.05) is 52.0 Å². The Balaban J connectivity index is 1.94. The van der Waals surface area contributed by atoms with Crippen molar-refractivity contribution in [3.05, 3.63) is 24.3 Å². The molecule has 1 heterocycles. The van der Waals surface area contributed by atoms with Crippen LogP contribution in [0.5, 0.6) is 5.75 Å². The number of carbonyl (C=O) groups is 1. The summed E-state index contributed by atoms with van der Waals surface area (Å²) in [6, 6.07) is 8.29. The van der Waals surface area contributed by atoms with Gasteiger partial charge in [-0.25, -0.2) is 0 Å². The lowest BCUT2D eigenvalue weighted by atomic mass is 9.85. The second-order valence-corrected chi connectivity index (χ2v) is 10.5.